The molecule has 1 heterocycles. The molecule has 2 rings (SSSR count). The zero-order chi connectivity index (χ0) is 22.5. The first kappa shape index (κ1) is 24.2. The van der Waals surface area contributed by atoms with Crippen LogP contribution in [-0.4, -0.2) is 95.1 Å². The van der Waals surface area contributed by atoms with Crippen LogP contribution in [0, 0.1) is 0 Å². The number of carbonyl (C=O) groups is 1. The van der Waals surface area contributed by atoms with Crippen molar-refractivity contribution < 1.29 is 35.9 Å². The number of benzene rings is 1. The molecule has 8 nitrogen and oxygen atoms in total. The summed E-state index contributed by atoms with van der Waals surface area (Å²) in [5, 5.41) is 0. The van der Waals surface area contributed by atoms with Crippen LogP contribution in [-0.2, 0) is 14.8 Å². The van der Waals surface area contributed by atoms with Gasteiger partial charge in [-0.1, -0.05) is 0 Å². The van der Waals surface area contributed by atoms with Crippen LogP contribution in [0.5, 0.6) is 11.5 Å². The van der Waals surface area contributed by atoms with Crippen molar-refractivity contribution in [1.29, 1.82) is 0 Å². The van der Waals surface area contributed by atoms with Gasteiger partial charge in [-0.25, -0.2) is 8.42 Å². The summed E-state index contributed by atoms with van der Waals surface area (Å²) in [6.45, 7) is 0.0850. The highest BCUT2D eigenvalue weighted by Gasteiger charge is 2.32. The Morgan fingerprint density at radius 1 is 1.10 bits per heavy atom. The molecule has 0 bridgehead atoms. The van der Waals surface area contributed by atoms with E-state index in [0.717, 1.165) is 0 Å². The third-order valence-corrected chi connectivity index (χ3v) is 6.66. The fourth-order valence-electron chi connectivity index (χ4n) is 3.03. The molecule has 0 saturated carbocycles. The third-order valence-electron chi connectivity index (χ3n) is 4.77. The van der Waals surface area contributed by atoms with Crippen molar-refractivity contribution >= 4 is 15.9 Å². The lowest BCUT2D eigenvalue weighted by Gasteiger charge is -2.34. The largest absolute Gasteiger partial charge is 0.493 e. The molecule has 0 N–H and O–H groups in total. The van der Waals surface area contributed by atoms with Crippen LogP contribution >= 0.6 is 0 Å². The van der Waals surface area contributed by atoms with Gasteiger partial charge in [0, 0.05) is 38.8 Å². The predicted molar refractivity (Wildman–Crippen MR) is 103 cm³/mol. The average Bonchev–Trinajstić information content (AvgIpc) is 2.71. The van der Waals surface area contributed by atoms with E-state index in [9.17, 15) is 26.4 Å². The van der Waals surface area contributed by atoms with E-state index in [2.05, 4.69) is 0 Å². The minimum Gasteiger partial charge on any atom is -0.493 e. The maximum Gasteiger partial charge on any atom is 0.390 e. The smallest absolute Gasteiger partial charge is 0.390 e. The van der Waals surface area contributed by atoms with E-state index in [1.54, 1.807) is 0 Å². The first-order valence-corrected chi connectivity index (χ1v) is 10.7. The van der Waals surface area contributed by atoms with Crippen LogP contribution in [0.3, 0.4) is 0 Å². The Labute approximate surface area is 174 Å². The van der Waals surface area contributed by atoms with Crippen LogP contribution in [0.1, 0.15) is 6.42 Å². The minimum atomic E-state index is -4.28. The summed E-state index contributed by atoms with van der Waals surface area (Å²) in [7, 11) is 0.508. The number of piperazine rings is 1. The molecule has 0 aromatic heterocycles. The number of likely N-dealkylation sites (N-methyl/N-ethyl adjacent to an activating group) is 1. The van der Waals surface area contributed by atoms with Gasteiger partial charge in [-0.05, 0) is 19.2 Å². The van der Waals surface area contributed by atoms with E-state index >= 15 is 0 Å². The lowest BCUT2D eigenvalue weighted by atomic mass is 10.3. The number of rotatable bonds is 8. The van der Waals surface area contributed by atoms with Gasteiger partial charge in [0.1, 0.15) is 0 Å². The fraction of sp³-hybridized carbons (Fsp3) is 0.611. The quantitative estimate of drug-likeness (QED) is 0.593. The van der Waals surface area contributed by atoms with Crippen molar-refractivity contribution in [2.24, 2.45) is 0 Å². The molecule has 0 spiro atoms. The van der Waals surface area contributed by atoms with Crippen molar-refractivity contribution in [3.8, 4) is 11.5 Å². The topological polar surface area (TPSA) is 79.4 Å². The summed E-state index contributed by atoms with van der Waals surface area (Å²) < 4.78 is 74.2. The molecule has 1 aromatic carbocycles. The van der Waals surface area contributed by atoms with Gasteiger partial charge in [-0.3, -0.25) is 9.69 Å². The van der Waals surface area contributed by atoms with Crippen molar-refractivity contribution in [2.45, 2.75) is 17.5 Å². The highest BCUT2D eigenvalue weighted by Crippen LogP contribution is 2.31. The van der Waals surface area contributed by atoms with E-state index in [1.807, 2.05) is 0 Å². The zero-order valence-corrected chi connectivity index (χ0v) is 17.9. The Balaban J connectivity index is 1.95. The lowest BCUT2D eigenvalue weighted by Crippen LogP contribution is -2.52. The minimum absolute atomic E-state index is 0.0480. The van der Waals surface area contributed by atoms with Gasteiger partial charge in [0.15, 0.2) is 11.5 Å². The molecule has 1 aliphatic rings. The van der Waals surface area contributed by atoms with E-state index in [1.165, 1.54) is 53.6 Å². The van der Waals surface area contributed by atoms with Gasteiger partial charge in [0.25, 0.3) is 0 Å². The molecular weight excluding hydrogens is 427 g/mol. The zero-order valence-electron chi connectivity index (χ0n) is 17.1. The Kier molecular flexibility index (Phi) is 7.94. The average molecular weight is 453 g/mol. The van der Waals surface area contributed by atoms with Gasteiger partial charge < -0.3 is 14.4 Å². The number of methoxy groups -OCH3 is 2. The summed E-state index contributed by atoms with van der Waals surface area (Å²) >= 11 is 0. The number of halogens is 3. The van der Waals surface area contributed by atoms with Crippen LogP contribution in [0.2, 0.25) is 0 Å². The second-order valence-electron chi connectivity index (χ2n) is 6.90. The summed E-state index contributed by atoms with van der Waals surface area (Å²) in [4.78, 5) is 15.1. The van der Waals surface area contributed by atoms with Crippen molar-refractivity contribution in [3.63, 3.8) is 0 Å². The number of ether oxygens (including phenoxy) is 2. The molecule has 30 heavy (non-hydrogen) atoms. The Hall–Kier alpha value is -2.05. The third kappa shape index (κ3) is 6.22. The number of alkyl halides is 3. The van der Waals surface area contributed by atoms with Crippen molar-refractivity contribution in [2.75, 3.05) is 60.5 Å². The molecule has 1 saturated heterocycles. The summed E-state index contributed by atoms with van der Waals surface area (Å²) in [6, 6.07) is 4.30. The van der Waals surface area contributed by atoms with E-state index in [-0.39, 0.29) is 55.8 Å². The lowest BCUT2D eigenvalue weighted by molar-refractivity contribution is -0.141. The fourth-order valence-corrected chi connectivity index (χ4v) is 4.47. The molecular formula is C18H26F3N3O5S. The molecule has 0 radical (unpaired) electrons. The number of sulfonamides is 1. The number of carbonyl (C=O) groups excluding carboxylic acids is 1. The molecule has 1 amide bonds. The number of amides is 1. The standard InChI is InChI=1S/C18H26F3N3O5S/c1-22(7-6-18(19,20)21)13-17(25)23-8-10-24(11-9-23)30(26,27)14-4-5-15(28-2)16(12-14)29-3/h4-5,12H,6-11,13H2,1-3H3. The predicted octanol–water partition coefficient (Wildman–Crippen LogP) is 1.42. The summed E-state index contributed by atoms with van der Waals surface area (Å²) in [5.41, 5.74) is 0. The van der Waals surface area contributed by atoms with E-state index in [0.29, 0.717) is 5.75 Å². The monoisotopic (exact) mass is 453 g/mol. The SMILES string of the molecule is COc1ccc(S(=O)(=O)N2CCN(C(=O)CN(C)CCC(F)(F)F)CC2)cc1OC. The molecule has 0 unspecified atom stereocenters. The first-order chi connectivity index (χ1) is 14.0. The Bertz CT molecular complexity index is 840. The molecule has 1 aromatic rings. The van der Waals surface area contributed by atoms with Crippen LogP contribution < -0.4 is 9.47 Å². The highest BCUT2D eigenvalue weighted by molar-refractivity contribution is 7.89. The Morgan fingerprint density at radius 2 is 1.70 bits per heavy atom. The summed E-state index contributed by atoms with van der Waals surface area (Å²) in [5.74, 6) is 0.360. The molecule has 12 heteroatoms. The normalized spacial score (nSPS) is 16.0. The van der Waals surface area contributed by atoms with Crippen LogP contribution in [0.15, 0.2) is 23.1 Å². The first-order valence-electron chi connectivity index (χ1n) is 9.23. The van der Waals surface area contributed by atoms with Gasteiger partial charge in [-0.2, -0.15) is 17.5 Å². The molecule has 1 fully saturated rings. The van der Waals surface area contributed by atoms with Gasteiger partial charge in [0.05, 0.1) is 32.1 Å². The summed E-state index contributed by atoms with van der Waals surface area (Å²) in [6.07, 6.45) is -5.27. The van der Waals surface area contributed by atoms with Crippen LogP contribution in [0.4, 0.5) is 13.2 Å². The number of nitrogens with zero attached hydrogens (tertiary/aromatic N) is 3. The second-order valence-corrected chi connectivity index (χ2v) is 8.84. The molecule has 0 aliphatic carbocycles. The van der Waals surface area contributed by atoms with E-state index < -0.39 is 22.6 Å². The van der Waals surface area contributed by atoms with Gasteiger partial charge in [0.2, 0.25) is 15.9 Å². The highest BCUT2D eigenvalue weighted by atomic mass is 32.2. The number of hydrogen-bond acceptors (Lipinski definition) is 6. The second kappa shape index (κ2) is 9.84. The number of hydrogen-bond donors (Lipinski definition) is 0. The molecule has 0 atom stereocenters. The Morgan fingerprint density at radius 3 is 2.23 bits per heavy atom. The van der Waals surface area contributed by atoms with Crippen LogP contribution in [0.25, 0.3) is 0 Å². The van der Waals surface area contributed by atoms with Gasteiger partial charge >= 0.3 is 6.18 Å². The van der Waals surface area contributed by atoms with E-state index in [4.69, 9.17) is 9.47 Å². The maximum atomic E-state index is 12.9. The van der Waals surface area contributed by atoms with Crippen molar-refractivity contribution in [1.82, 2.24) is 14.1 Å². The van der Waals surface area contributed by atoms with Gasteiger partial charge in [-0.15, -0.1) is 0 Å². The maximum absolute atomic E-state index is 12.9. The molecule has 1 aliphatic heterocycles. The van der Waals surface area contributed by atoms with Crippen molar-refractivity contribution in [3.05, 3.63) is 18.2 Å². The molecule has 170 valence electrons.